The highest BCUT2D eigenvalue weighted by atomic mass is 16.7. The molecular weight excluding hydrogens is 92.1 g/mol. The molecule has 0 unspecified atom stereocenters. The van der Waals surface area contributed by atoms with Gasteiger partial charge in [0.1, 0.15) is 6.26 Å². The summed E-state index contributed by atoms with van der Waals surface area (Å²) in [6, 6.07) is 0. The molecule has 0 bridgehead atoms. The van der Waals surface area contributed by atoms with Crippen LogP contribution in [0.1, 0.15) is 0 Å². The van der Waals surface area contributed by atoms with E-state index in [-0.39, 0.29) is 0 Å². The van der Waals surface area contributed by atoms with Crippen LogP contribution in [0.25, 0.3) is 0 Å². The number of nitriles is 1. The zero-order valence-electron chi connectivity index (χ0n) is 3.59. The van der Waals surface area contributed by atoms with Crippen molar-refractivity contribution < 1.29 is 4.84 Å². The van der Waals surface area contributed by atoms with Crippen LogP contribution in [0.3, 0.4) is 0 Å². The van der Waals surface area contributed by atoms with Crippen LogP contribution in [-0.2, 0) is 4.84 Å². The van der Waals surface area contributed by atoms with Gasteiger partial charge in [0.25, 0.3) is 0 Å². The Morgan fingerprint density at radius 3 is 3.14 bits per heavy atom. The van der Waals surface area contributed by atoms with E-state index in [1.807, 2.05) is 0 Å². The van der Waals surface area contributed by atoms with Crippen molar-refractivity contribution in [2.24, 2.45) is 0 Å². The molecule has 1 aliphatic heterocycles. The summed E-state index contributed by atoms with van der Waals surface area (Å²) in [5, 5.41) is 9.18. The van der Waals surface area contributed by atoms with Crippen molar-refractivity contribution in [1.82, 2.24) is 5.06 Å². The highest BCUT2D eigenvalue weighted by Gasteiger charge is 2.01. The molecule has 0 fully saturated rings. The van der Waals surface area contributed by atoms with E-state index in [9.17, 15) is 0 Å². The Kier molecular flexibility index (Phi) is 0.868. The molecule has 7 heavy (non-hydrogen) atoms. The SMILES string of the molecule is N#CN1C[C]=CO1. The normalized spacial score (nSPS) is 16.1. The van der Waals surface area contributed by atoms with Crippen LogP contribution in [-0.4, -0.2) is 11.6 Å². The maximum Gasteiger partial charge on any atom is 0.215 e. The molecule has 0 saturated carbocycles. The molecule has 0 atom stereocenters. The second kappa shape index (κ2) is 1.52. The first kappa shape index (κ1) is 4.00. The first-order chi connectivity index (χ1) is 3.43. The molecule has 1 aliphatic rings. The fraction of sp³-hybridized carbons (Fsp3) is 0.250. The topological polar surface area (TPSA) is 36.3 Å². The van der Waals surface area contributed by atoms with Crippen LogP contribution in [0, 0.1) is 17.5 Å². The third-order valence-electron chi connectivity index (χ3n) is 0.610. The van der Waals surface area contributed by atoms with E-state index >= 15 is 0 Å². The summed E-state index contributed by atoms with van der Waals surface area (Å²) in [7, 11) is 0. The fourth-order valence-corrected chi connectivity index (χ4v) is 0.317. The zero-order valence-corrected chi connectivity index (χ0v) is 3.59. The Labute approximate surface area is 41.4 Å². The Morgan fingerprint density at radius 1 is 2.00 bits per heavy atom. The summed E-state index contributed by atoms with van der Waals surface area (Å²) in [5.74, 6) is 0. The van der Waals surface area contributed by atoms with Gasteiger partial charge >= 0.3 is 0 Å². The van der Waals surface area contributed by atoms with Gasteiger partial charge in [0, 0.05) is 6.08 Å². The van der Waals surface area contributed by atoms with E-state index in [1.165, 1.54) is 6.26 Å². The van der Waals surface area contributed by atoms with Crippen molar-refractivity contribution in [3.05, 3.63) is 12.3 Å². The summed E-state index contributed by atoms with van der Waals surface area (Å²) >= 11 is 0. The molecule has 1 rings (SSSR count). The fourth-order valence-electron chi connectivity index (χ4n) is 0.317. The highest BCUT2D eigenvalue weighted by molar-refractivity contribution is 4.79. The van der Waals surface area contributed by atoms with E-state index in [0.717, 1.165) is 5.06 Å². The van der Waals surface area contributed by atoms with Gasteiger partial charge in [0.15, 0.2) is 0 Å². The van der Waals surface area contributed by atoms with Gasteiger partial charge in [-0.15, -0.1) is 5.06 Å². The molecular formula is C4H3N2O. The molecule has 0 spiro atoms. The highest BCUT2D eigenvalue weighted by Crippen LogP contribution is 1.95. The molecule has 0 aromatic rings. The number of hydroxylamine groups is 2. The van der Waals surface area contributed by atoms with Gasteiger partial charge in [0.2, 0.25) is 6.19 Å². The van der Waals surface area contributed by atoms with Crippen molar-refractivity contribution >= 4 is 0 Å². The molecule has 1 heterocycles. The summed E-state index contributed by atoms with van der Waals surface area (Å²) < 4.78 is 0. The number of hydrogen-bond acceptors (Lipinski definition) is 3. The minimum Gasteiger partial charge on any atom is -0.377 e. The minimum atomic E-state index is 0.455. The van der Waals surface area contributed by atoms with Crippen LogP contribution < -0.4 is 0 Å². The first-order valence-electron chi connectivity index (χ1n) is 1.82. The molecule has 1 radical (unpaired) electrons. The van der Waals surface area contributed by atoms with Gasteiger partial charge in [-0.25, -0.2) is 0 Å². The van der Waals surface area contributed by atoms with Crippen LogP contribution in [0.4, 0.5) is 0 Å². The zero-order chi connectivity index (χ0) is 5.11. The lowest BCUT2D eigenvalue weighted by Gasteiger charge is -2.00. The van der Waals surface area contributed by atoms with Gasteiger partial charge in [-0.05, 0) is 0 Å². The lowest BCUT2D eigenvalue weighted by Crippen LogP contribution is -2.08. The van der Waals surface area contributed by atoms with Crippen LogP contribution in [0.2, 0.25) is 0 Å². The van der Waals surface area contributed by atoms with E-state index in [2.05, 4.69) is 10.9 Å². The lowest BCUT2D eigenvalue weighted by molar-refractivity contribution is -0.0166. The summed E-state index contributed by atoms with van der Waals surface area (Å²) in [6.45, 7) is 0.455. The van der Waals surface area contributed by atoms with Gasteiger partial charge in [-0.2, -0.15) is 5.26 Å². The third-order valence-corrected chi connectivity index (χ3v) is 0.610. The monoisotopic (exact) mass is 95.0 g/mol. The Bertz CT molecular complexity index is 116. The molecule has 0 aromatic heterocycles. The second-order valence-corrected chi connectivity index (χ2v) is 1.06. The third kappa shape index (κ3) is 0.631. The average Bonchev–Trinajstić information content (AvgIpc) is 2.14. The maximum atomic E-state index is 8.06. The molecule has 0 amide bonds. The Hall–Kier alpha value is -1.17. The van der Waals surface area contributed by atoms with E-state index in [1.54, 1.807) is 6.19 Å². The van der Waals surface area contributed by atoms with Gasteiger partial charge < -0.3 is 4.84 Å². The summed E-state index contributed by atoms with van der Waals surface area (Å²) in [5.41, 5.74) is 0. The van der Waals surface area contributed by atoms with Gasteiger partial charge in [-0.1, -0.05) is 0 Å². The Balaban J connectivity index is 2.39. The quantitative estimate of drug-likeness (QED) is 0.398. The predicted octanol–water partition coefficient (Wildman–Crippen LogP) is 0.0316. The molecule has 35 valence electrons. The molecule has 0 aromatic carbocycles. The van der Waals surface area contributed by atoms with Crippen molar-refractivity contribution in [2.45, 2.75) is 0 Å². The number of nitrogens with zero attached hydrogens (tertiary/aromatic N) is 2. The standard InChI is InChI=1S/C4H3N2O/c5-4-6-2-1-3-7-6/h3H,2H2. The summed E-state index contributed by atoms with van der Waals surface area (Å²) in [4.78, 5) is 4.54. The minimum absolute atomic E-state index is 0.455. The summed E-state index contributed by atoms with van der Waals surface area (Å²) in [6.07, 6.45) is 5.82. The van der Waals surface area contributed by atoms with Gasteiger partial charge in [0.05, 0.1) is 6.54 Å². The molecule has 3 heteroatoms. The smallest absolute Gasteiger partial charge is 0.215 e. The molecule has 0 saturated heterocycles. The number of rotatable bonds is 0. The van der Waals surface area contributed by atoms with E-state index in [4.69, 9.17) is 5.26 Å². The average molecular weight is 95.1 g/mol. The molecule has 0 N–H and O–H groups in total. The first-order valence-corrected chi connectivity index (χ1v) is 1.82. The lowest BCUT2D eigenvalue weighted by atomic mass is 10.6. The van der Waals surface area contributed by atoms with Crippen LogP contribution in [0.5, 0.6) is 0 Å². The van der Waals surface area contributed by atoms with Crippen molar-refractivity contribution in [1.29, 1.82) is 5.26 Å². The van der Waals surface area contributed by atoms with Gasteiger partial charge in [-0.3, -0.25) is 0 Å². The van der Waals surface area contributed by atoms with Crippen molar-refractivity contribution in [2.75, 3.05) is 6.54 Å². The predicted molar refractivity (Wildman–Crippen MR) is 21.2 cm³/mol. The number of hydrogen-bond donors (Lipinski definition) is 0. The van der Waals surface area contributed by atoms with Crippen molar-refractivity contribution in [3.8, 4) is 6.19 Å². The largest absolute Gasteiger partial charge is 0.377 e. The molecule has 3 nitrogen and oxygen atoms in total. The van der Waals surface area contributed by atoms with E-state index in [0.29, 0.717) is 6.54 Å². The second-order valence-electron chi connectivity index (χ2n) is 1.06. The Morgan fingerprint density at radius 2 is 2.86 bits per heavy atom. The van der Waals surface area contributed by atoms with Crippen LogP contribution >= 0.6 is 0 Å². The van der Waals surface area contributed by atoms with E-state index < -0.39 is 0 Å². The van der Waals surface area contributed by atoms with Crippen LogP contribution in [0.15, 0.2) is 6.26 Å². The molecule has 0 aliphatic carbocycles. The van der Waals surface area contributed by atoms with Crippen molar-refractivity contribution in [3.63, 3.8) is 0 Å². The maximum absolute atomic E-state index is 8.06.